The number of ether oxygens (including phenoxy) is 1. The van der Waals surface area contributed by atoms with Crippen molar-refractivity contribution in [3.05, 3.63) is 47.4 Å². The lowest BCUT2D eigenvalue weighted by molar-refractivity contribution is 0.0341. The van der Waals surface area contributed by atoms with Gasteiger partial charge in [-0.05, 0) is 17.7 Å². The van der Waals surface area contributed by atoms with Gasteiger partial charge in [-0.25, -0.2) is 4.98 Å². The zero-order valence-electron chi connectivity index (χ0n) is 13.5. The number of rotatable bonds is 4. The number of hydrogen-bond donors (Lipinski definition) is 1. The largest absolute Gasteiger partial charge is 0.379 e. The Labute approximate surface area is 140 Å². The first-order valence-corrected chi connectivity index (χ1v) is 7.78. The zero-order chi connectivity index (χ0) is 16.9. The van der Waals surface area contributed by atoms with Crippen LogP contribution in [-0.4, -0.2) is 46.7 Å². The molecule has 24 heavy (non-hydrogen) atoms. The molecule has 0 spiro atoms. The number of nitrogens with zero attached hydrogens (tertiary/aromatic N) is 4. The van der Waals surface area contributed by atoms with Crippen molar-refractivity contribution in [2.24, 2.45) is 7.05 Å². The van der Waals surface area contributed by atoms with E-state index in [1.54, 1.807) is 36.1 Å². The average molecular weight is 325 g/mol. The Morgan fingerprint density at radius 3 is 2.83 bits per heavy atom. The van der Waals surface area contributed by atoms with E-state index in [4.69, 9.17) is 10.00 Å². The van der Waals surface area contributed by atoms with Crippen LogP contribution in [0, 0.1) is 11.3 Å². The van der Waals surface area contributed by atoms with Crippen LogP contribution in [0.1, 0.15) is 21.6 Å². The predicted octanol–water partition coefficient (Wildman–Crippen LogP) is 1.38. The van der Waals surface area contributed by atoms with Gasteiger partial charge in [0.05, 0.1) is 18.8 Å². The minimum atomic E-state index is -0.285. The normalized spacial score (nSPS) is 15.0. The molecule has 2 aromatic heterocycles. The van der Waals surface area contributed by atoms with Gasteiger partial charge >= 0.3 is 0 Å². The smallest absolute Gasteiger partial charge is 0.273 e. The Morgan fingerprint density at radius 1 is 1.42 bits per heavy atom. The average Bonchev–Trinajstić information content (AvgIpc) is 2.99. The maximum Gasteiger partial charge on any atom is 0.273 e. The van der Waals surface area contributed by atoms with E-state index in [2.05, 4.69) is 15.2 Å². The van der Waals surface area contributed by atoms with E-state index < -0.39 is 0 Å². The summed E-state index contributed by atoms with van der Waals surface area (Å²) in [6.45, 7) is 4.21. The number of amides is 1. The highest BCUT2D eigenvalue weighted by atomic mass is 16.5. The van der Waals surface area contributed by atoms with Crippen molar-refractivity contribution in [1.29, 1.82) is 5.26 Å². The summed E-state index contributed by atoms with van der Waals surface area (Å²) in [6.07, 6.45) is 3.39. The zero-order valence-corrected chi connectivity index (χ0v) is 13.5. The highest BCUT2D eigenvalue weighted by Gasteiger charge is 2.13. The molecule has 2 aromatic rings. The number of hydrogen-bond acceptors (Lipinski definition) is 5. The summed E-state index contributed by atoms with van der Waals surface area (Å²) in [6, 6.07) is 7.34. The number of aromatic nitrogens is 2. The lowest BCUT2D eigenvalue weighted by Gasteiger charge is -2.26. The predicted molar refractivity (Wildman–Crippen MR) is 88.4 cm³/mol. The molecular formula is C17H19N5O2. The van der Waals surface area contributed by atoms with Crippen molar-refractivity contribution in [2.45, 2.75) is 6.54 Å². The van der Waals surface area contributed by atoms with E-state index in [1.165, 1.54) is 0 Å². The molecule has 0 unspecified atom stereocenters. The Kier molecular flexibility index (Phi) is 4.89. The van der Waals surface area contributed by atoms with Crippen LogP contribution in [0.25, 0.3) is 0 Å². The van der Waals surface area contributed by atoms with Gasteiger partial charge in [-0.15, -0.1) is 0 Å². The molecule has 1 amide bonds. The molecule has 1 aliphatic rings. The van der Waals surface area contributed by atoms with Crippen LogP contribution in [0.2, 0.25) is 0 Å². The second-order valence-corrected chi connectivity index (χ2v) is 5.73. The molecule has 7 nitrogen and oxygen atoms in total. The van der Waals surface area contributed by atoms with E-state index in [0.29, 0.717) is 17.1 Å². The van der Waals surface area contributed by atoms with Crippen LogP contribution in [0.15, 0.2) is 30.6 Å². The number of carbonyl (C=O) groups excluding carboxylic acids is 1. The second kappa shape index (κ2) is 7.25. The van der Waals surface area contributed by atoms with Crippen molar-refractivity contribution < 1.29 is 9.53 Å². The quantitative estimate of drug-likeness (QED) is 0.918. The monoisotopic (exact) mass is 325 g/mol. The molecule has 0 radical (unpaired) electrons. The molecule has 0 aromatic carbocycles. The van der Waals surface area contributed by atoms with Crippen molar-refractivity contribution >= 4 is 11.7 Å². The van der Waals surface area contributed by atoms with Gasteiger partial charge in [0.25, 0.3) is 5.91 Å². The van der Waals surface area contributed by atoms with Crippen LogP contribution in [0.5, 0.6) is 0 Å². The summed E-state index contributed by atoms with van der Waals surface area (Å²) in [5, 5.41) is 11.6. The summed E-state index contributed by atoms with van der Waals surface area (Å²) in [7, 11) is 1.73. The van der Waals surface area contributed by atoms with Gasteiger partial charge in [0.1, 0.15) is 17.6 Å². The van der Waals surface area contributed by atoms with Crippen molar-refractivity contribution in [1.82, 2.24) is 14.5 Å². The summed E-state index contributed by atoms with van der Waals surface area (Å²) in [5.41, 5.74) is 1.97. The number of carbonyl (C=O) groups is 1. The summed E-state index contributed by atoms with van der Waals surface area (Å²) >= 11 is 0. The van der Waals surface area contributed by atoms with Gasteiger partial charge in [0.2, 0.25) is 0 Å². The number of nitrogens with one attached hydrogen (secondary N) is 1. The third kappa shape index (κ3) is 3.79. The fraction of sp³-hybridized carbons (Fsp3) is 0.353. The molecule has 3 rings (SSSR count). The first-order valence-electron chi connectivity index (χ1n) is 7.78. The first-order chi connectivity index (χ1) is 11.7. The number of nitriles is 1. The van der Waals surface area contributed by atoms with Gasteiger partial charge in [0, 0.05) is 39.1 Å². The van der Waals surface area contributed by atoms with Crippen molar-refractivity contribution in [3.63, 3.8) is 0 Å². The fourth-order valence-corrected chi connectivity index (χ4v) is 2.64. The van der Waals surface area contributed by atoms with Crippen LogP contribution in [0.3, 0.4) is 0 Å². The maximum atomic E-state index is 12.3. The van der Waals surface area contributed by atoms with E-state index in [9.17, 15) is 4.79 Å². The third-order valence-electron chi connectivity index (χ3n) is 3.94. The highest BCUT2D eigenvalue weighted by Crippen LogP contribution is 2.12. The van der Waals surface area contributed by atoms with Crippen LogP contribution >= 0.6 is 0 Å². The Bertz CT molecular complexity index is 754. The molecule has 3 heterocycles. The molecule has 7 heteroatoms. The van der Waals surface area contributed by atoms with E-state index in [0.717, 1.165) is 38.4 Å². The van der Waals surface area contributed by atoms with Gasteiger partial charge in [0.15, 0.2) is 0 Å². The molecule has 0 aliphatic carbocycles. The lowest BCUT2D eigenvalue weighted by atomic mass is 10.2. The van der Waals surface area contributed by atoms with Crippen LogP contribution < -0.4 is 5.32 Å². The summed E-state index contributed by atoms with van der Waals surface area (Å²) in [5.74, 6) is 0.206. The molecule has 0 saturated carbocycles. The molecule has 0 bridgehead atoms. The molecule has 1 N–H and O–H groups in total. The minimum absolute atomic E-state index is 0.285. The Morgan fingerprint density at radius 2 is 2.21 bits per heavy atom. The van der Waals surface area contributed by atoms with E-state index in [1.807, 2.05) is 12.1 Å². The highest BCUT2D eigenvalue weighted by molar-refractivity contribution is 6.02. The van der Waals surface area contributed by atoms with Crippen LogP contribution in [0.4, 0.5) is 5.82 Å². The number of pyridine rings is 1. The molecule has 1 fully saturated rings. The second-order valence-electron chi connectivity index (χ2n) is 5.73. The minimum Gasteiger partial charge on any atom is -0.379 e. The van der Waals surface area contributed by atoms with E-state index in [-0.39, 0.29) is 5.91 Å². The van der Waals surface area contributed by atoms with Crippen molar-refractivity contribution in [2.75, 3.05) is 31.6 Å². The van der Waals surface area contributed by atoms with Gasteiger partial charge in [-0.3, -0.25) is 9.69 Å². The summed E-state index contributed by atoms with van der Waals surface area (Å²) in [4.78, 5) is 18.9. The molecular weight excluding hydrogens is 306 g/mol. The fourth-order valence-electron chi connectivity index (χ4n) is 2.64. The van der Waals surface area contributed by atoms with Gasteiger partial charge in [-0.2, -0.15) is 5.26 Å². The molecule has 124 valence electrons. The molecule has 1 aliphatic heterocycles. The first kappa shape index (κ1) is 16.2. The van der Waals surface area contributed by atoms with Gasteiger partial charge < -0.3 is 14.6 Å². The Balaban J connectivity index is 1.62. The lowest BCUT2D eigenvalue weighted by Crippen LogP contribution is -2.35. The molecule has 1 saturated heterocycles. The number of aryl methyl sites for hydroxylation is 1. The summed E-state index contributed by atoms with van der Waals surface area (Å²) < 4.78 is 6.96. The van der Waals surface area contributed by atoms with Gasteiger partial charge in [-0.1, -0.05) is 6.07 Å². The standard InChI is InChI=1S/C17H19N5O2/c1-21-11-14(9-18)8-15(21)17(23)20-16-3-2-13(10-19-16)12-22-4-6-24-7-5-22/h2-3,8,10-11H,4-7,12H2,1H3,(H,19,20,23). The Hall–Kier alpha value is -2.69. The van der Waals surface area contributed by atoms with Crippen molar-refractivity contribution in [3.8, 4) is 6.07 Å². The van der Waals surface area contributed by atoms with E-state index >= 15 is 0 Å². The third-order valence-corrected chi connectivity index (χ3v) is 3.94. The maximum absolute atomic E-state index is 12.3. The number of anilines is 1. The van der Waals surface area contributed by atoms with Crippen LogP contribution in [-0.2, 0) is 18.3 Å². The topological polar surface area (TPSA) is 83.2 Å². The SMILES string of the molecule is Cn1cc(C#N)cc1C(=O)Nc1ccc(CN2CCOCC2)cn1. The number of morpholine rings is 1. The molecule has 0 atom stereocenters.